The number of benzene rings is 1. The van der Waals surface area contributed by atoms with Crippen LogP contribution in [0.3, 0.4) is 0 Å². The second-order valence-electron chi connectivity index (χ2n) is 11.5. The van der Waals surface area contributed by atoms with Crippen LogP contribution in [0.1, 0.15) is 50.1 Å². The third-order valence-corrected chi connectivity index (χ3v) is 12.6. The van der Waals surface area contributed by atoms with Crippen LogP contribution in [0.15, 0.2) is 23.1 Å². The van der Waals surface area contributed by atoms with Crippen molar-refractivity contribution in [2.45, 2.75) is 57.0 Å². The Morgan fingerprint density at radius 3 is 2.65 bits per heavy atom. The van der Waals surface area contributed by atoms with E-state index in [0.717, 1.165) is 48.0 Å². The molecule has 2 N–H and O–H groups in total. The van der Waals surface area contributed by atoms with Crippen molar-refractivity contribution < 1.29 is 27.8 Å². The molecule has 12 heteroatoms. The number of anilines is 1. The number of amides is 1. The zero-order valence-electron chi connectivity index (χ0n) is 23.7. The number of thiazole rings is 1. The lowest BCUT2D eigenvalue weighted by atomic mass is 9.53. The number of sulfonamides is 1. The summed E-state index contributed by atoms with van der Waals surface area (Å²) in [6, 6.07) is 4.62. The summed E-state index contributed by atoms with van der Waals surface area (Å²) in [5.74, 6) is 2.18. The van der Waals surface area contributed by atoms with E-state index in [1.807, 2.05) is 23.6 Å². The fourth-order valence-corrected chi connectivity index (χ4v) is 10.6. The van der Waals surface area contributed by atoms with Crippen LogP contribution >= 0.6 is 23.1 Å². The average Bonchev–Trinajstić information content (AvgIpc) is 3.33. The van der Waals surface area contributed by atoms with Crippen molar-refractivity contribution in [3.63, 3.8) is 0 Å². The lowest BCUT2D eigenvalue weighted by Gasteiger charge is -2.53. The summed E-state index contributed by atoms with van der Waals surface area (Å²) in [6.45, 7) is 7.81. The molecule has 0 spiro atoms. The van der Waals surface area contributed by atoms with Gasteiger partial charge in [-0.25, -0.2) is 13.4 Å². The van der Waals surface area contributed by atoms with E-state index in [9.17, 15) is 18.3 Å². The Morgan fingerprint density at radius 1 is 1.25 bits per heavy atom. The van der Waals surface area contributed by atoms with Gasteiger partial charge in [-0.3, -0.25) is 9.52 Å². The molecule has 1 saturated carbocycles. The Labute approximate surface area is 245 Å². The van der Waals surface area contributed by atoms with E-state index >= 15 is 0 Å². The predicted molar refractivity (Wildman–Crippen MR) is 158 cm³/mol. The number of nitrogens with zero attached hydrogens (tertiary/aromatic N) is 2. The van der Waals surface area contributed by atoms with Gasteiger partial charge < -0.3 is 19.5 Å². The van der Waals surface area contributed by atoms with Crippen LogP contribution in [0, 0.1) is 23.2 Å². The van der Waals surface area contributed by atoms with Gasteiger partial charge in [-0.05, 0) is 48.6 Å². The lowest BCUT2D eigenvalue weighted by molar-refractivity contribution is -0.144. The van der Waals surface area contributed by atoms with Crippen LogP contribution in [0.4, 0.5) is 5.13 Å². The van der Waals surface area contributed by atoms with Crippen molar-refractivity contribution in [2.75, 3.05) is 43.5 Å². The lowest BCUT2D eigenvalue weighted by Crippen LogP contribution is -2.54. The number of aliphatic hydroxyl groups excluding tert-OH is 1. The van der Waals surface area contributed by atoms with Gasteiger partial charge >= 0.3 is 0 Å². The summed E-state index contributed by atoms with van der Waals surface area (Å²) in [5.41, 5.74) is 0.667. The zero-order chi connectivity index (χ0) is 28.8. The van der Waals surface area contributed by atoms with Crippen molar-refractivity contribution in [2.24, 2.45) is 23.2 Å². The number of carbonyl (C=O) groups excluding carboxylic acids is 1. The fourth-order valence-electron chi connectivity index (χ4n) is 7.01. The maximum Gasteiger partial charge on any atom is 0.267 e. The highest BCUT2D eigenvalue weighted by molar-refractivity contribution is 7.99. The van der Waals surface area contributed by atoms with Crippen LogP contribution in [-0.2, 0) is 21.2 Å². The summed E-state index contributed by atoms with van der Waals surface area (Å²) in [6.07, 6.45) is 1.77. The number of ether oxygens (including phenoxy) is 2. The van der Waals surface area contributed by atoms with Crippen molar-refractivity contribution in [3.05, 3.63) is 28.8 Å². The predicted octanol–water partition coefficient (Wildman–Crippen LogP) is 4.23. The Morgan fingerprint density at radius 2 is 1.98 bits per heavy atom. The molecule has 1 aromatic heterocycles. The fraction of sp³-hybridized carbons (Fsp3) is 0.643. The smallest absolute Gasteiger partial charge is 0.267 e. The number of nitrogens with one attached hydrogen (secondary N) is 1. The summed E-state index contributed by atoms with van der Waals surface area (Å²) in [5, 5.41) is 12.0. The topological polar surface area (TPSA) is 118 Å². The van der Waals surface area contributed by atoms with Crippen molar-refractivity contribution in [1.82, 2.24) is 9.88 Å². The number of carbonyl (C=O) groups is 1. The SMILES string of the molecule is COc1ccc(OC)c(S(=O)(=O)Nc2nc3c(s2)C[C@]2(C)CC[C@H]([C@H](C)C(=O)N4CCSCC4)[C@H](O)[C@H]2[C@@H]3C)c1. The van der Waals surface area contributed by atoms with Crippen molar-refractivity contribution in [1.29, 1.82) is 0 Å². The first-order valence-corrected chi connectivity index (χ1v) is 17.2. The minimum Gasteiger partial charge on any atom is -0.497 e. The second kappa shape index (κ2) is 11.3. The molecule has 1 aliphatic heterocycles. The first-order chi connectivity index (χ1) is 19.0. The van der Waals surface area contributed by atoms with E-state index < -0.39 is 16.1 Å². The molecule has 0 unspecified atom stereocenters. The van der Waals surface area contributed by atoms with Crippen LogP contribution in [-0.4, -0.2) is 74.2 Å². The molecular formula is C28H39N3O6S3. The molecule has 1 amide bonds. The first-order valence-electron chi connectivity index (χ1n) is 13.8. The first kappa shape index (κ1) is 29.5. The Hall–Kier alpha value is -2.02. The average molecular weight is 610 g/mol. The van der Waals surface area contributed by atoms with E-state index in [-0.39, 0.29) is 45.6 Å². The number of rotatable bonds is 7. The number of hydrogen-bond acceptors (Lipinski definition) is 9. The molecule has 5 rings (SSSR count). The Kier molecular flexibility index (Phi) is 8.35. The van der Waals surface area contributed by atoms with Gasteiger partial charge in [-0.2, -0.15) is 11.8 Å². The van der Waals surface area contributed by atoms with E-state index in [1.165, 1.54) is 31.6 Å². The Bertz CT molecular complexity index is 1360. The molecule has 0 radical (unpaired) electrons. The quantitative estimate of drug-likeness (QED) is 0.479. The van der Waals surface area contributed by atoms with Crippen molar-refractivity contribution in [3.8, 4) is 11.5 Å². The van der Waals surface area contributed by atoms with Gasteiger partial charge in [0.25, 0.3) is 10.0 Å². The highest BCUT2D eigenvalue weighted by Gasteiger charge is 2.54. The number of hydrogen-bond donors (Lipinski definition) is 2. The molecule has 1 saturated heterocycles. The molecular weight excluding hydrogens is 571 g/mol. The minimum absolute atomic E-state index is 0.0274. The number of aliphatic hydroxyl groups is 1. The van der Waals surface area contributed by atoms with Gasteiger partial charge in [0.1, 0.15) is 16.4 Å². The summed E-state index contributed by atoms with van der Waals surface area (Å²) >= 11 is 3.23. The van der Waals surface area contributed by atoms with Gasteiger partial charge in [0.2, 0.25) is 5.91 Å². The highest BCUT2D eigenvalue weighted by Crippen LogP contribution is 2.57. The second-order valence-corrected chi connectivity index (χ2v) is 15.5. The third-order valence-electron chi connectivity index (χ3n) is 9.16. The number of methoxy groups -OCH3 is 2. The molecule has 2 aromatic rings. The molecule has 2 aliphatic carbocycles. The van der Waals surface area contributed by atoms with E-state index in [4.69, 9.17) is 14.5 Å². The van der Waals surface area contributed by atoms with Crippen LogP contribution in [0.2, 0.25) is 0 Å². The molecule has 2 heterocycles. The maximum atomic E-state index is 13.4. The third kappa shape index (κ3) is 5.32. The summed E-state index contributed by atoms with van der Waals surface area (Å²) in [7, 11) is -1.10. The maximum absolute atomic E-state index is 13.4. The monoisotopic (exact) mass is 609 g/mol. The number of fused-ring (bicyclic) bond motifs is 2. The minimum atomic E-state index is -4.00. The molecule has 0 bridgehead atoms. The largest absolute Gasteiger partial charge is 0.497 e. The Balaban J connectivity index is 1.38. The van der Waals surface area contributed by atoms with E-state index in [0.29, 0.717) is 17.3 Å². The van der Waals surface area contributed by atoms with Gasteiger partial charge in [0, 0.05) is 47.4 Å². The number of thioether (sulfide) groups is 1. The van der Waals surface area contributed by atoms with Gasteiger partial charge in [0.15, 0.2) is 5.13 Å². The molecule has 6 atom stereocenters. The standard InChI is InChI=1S/C28H39N3O6S3/c1-16(26(33)31-10-12-38-13-11-31)19-8-9-28(3)15-21-24(17(2)23(28)25(19)32)29-27(39-21)30-40(34,35)22-14-18(36-4)6-7-20(22)37-5/h6-7,14,16-17,19,23,25,32H,8-13,15H2,1-5H3,(H,29,30)/t16-,17-,19+,23+,25-,28-/m0/s1. The molecule has 3 aliphatic rings. The van der Waals surface area contributed by atoms with Gasteiger partial charge in [-0.15, -0.1) is 11.3 Å². The molecule has 2 fully saturated rings. The van der Waals surface area contributed by atoms with Crippen LogP contribution in [0.5, 0.6) is 11.5 Å². The van der Waals surface area contributed by atoms with Gasteiger partial charge in [-0.1, -0.05) is 20.8 Å². The number of aromatic nitrogens is 1. The molecule has 9 nitrogen and oxygen atoms in total. The summed E-state index contributed by atoms with van der Waals surface area (Å²) in [4.78, 5) is 21.0. The zero-order valence-corrected chi connectivity index (χ0v) is 26.1. The molecule has 220 valence electrons. The highest BCUT2D eigenvalue weighted by atomic mass is 32.2. The van der Waals surface area contributed by atoms with E-state index in [1.54, 1.807) is 12.1 Å². The van der Waals surface area contributed by atoms with Crippen LogP contribution < -0.4 is 14.2 Å². The summed E-state index contributed by atoms with van der Waals surface area (Å²) < 4.78 is 39.9. The van der Waals surface area contributed by atoms with E-state index in [2.05, 4.69) is 18.6 Å². The van der Waals surface area contributed by atoms with Crippen LogP contribution in [0.25, 0.3) is 0 Å². The molecule has 40 heavy (non-hydrogen) atoms. The normalized spacial score (nSPS) is 29.2. The molecule has 1 aromatic carbocycles. The van der Waals surface area contributed by atoms with Crippen molar-refractivity contribution >= 4 is 44.2 Å². The van der Waals surface area contributed by atoms with Gasteiger partial charge in [0.05, 0.1) is 26.0 Å².